The molecule has 0 radical (unpaired) electrons. The van der Waals surface area contributed by atoms with Gasteiger partial charge in [-0.2, -0.15) is 0 Å². The zero-order valence-corrected chi connectivity index (χ0v) is 13.0. The van der Waals surface area contributed by atoms with Crippen LogP contribution in [-0.4, -0.2) is 20.9 Å². The summed E-state index contributed by atoms with van der Waals surface area (Å²) in [6.07, 6.45) is 3.34. The van der Waals surface area contributed by atoms with Gasteiger partial charge in [0.05, 0.1) is 24.1 Å². The van der Waals surface area contributed by atoms with Crippen molar-refractivity contribution in [3.8, 4) is 0 Å². The van der Waals surface area contributed by atoms with Gasteiger partial charge in [0, 0.05) is 22.1 Å². The van der Waals surface area contributed by atoms with E-state index in [2.05, 4.69) is 20.3 Å². The Labute approximate surface area is 132 Å². The number of carbonyl (C=O) groups excluding carboxylic acids is 1. The molecule has 0 fully saturated rings. The smallest absolute Gasteiger partial charge is 0.268 e. The molecule has 0 spiro atoms. The maximum atomic E-state index is 12.3. The normalized spacial score (nSPS) is 10.9. The minimum absolute atomic E-state index is 0.174. The molecule has 3 aromatic rings. The van der Waals surface area contributed by atoms with Gasteiger partial charge in [-0.15, -0.1) is 0 Å². The first-order valence-electron chi connectivity index (χ1n) is 6.88. The highest BCUT2D eigenvalue weighted by Gasteiger charge is 2.14. The fourth-order valence-electron chi connectivity index (χ4n) is 2.30. The van der Waals surface area contributed by atoms with E-state index < -0.39 is 0 Å². The first kappa shape index (κ1) is 14.5. The number of nitrogens with zero attached hydrogens (tertiary/aromatic N) is 2. The van der Waals surface area contributed by atoms with E-state index in [9.17, 15) is 4.79 Å². The fourth-order valence-corrected chi connectivity index (χ4v) is 2.47. The number of carbonyl (C=O) groups is 1. The van der Waals surface area contributed by atoms with Crippen molar-refractivity contribution >= 4 is 28.4 Å². The van der Waals surface area contributed by atoms with Crippen LogP contribution in [0.3, 0.4) is 0 Å². The van der Waals surface area contributed by atoms with E-state index in [4.69, 9.17) is 11.6 Å². The molecule has 2 N–H and O–H groups in total. The molecule has 5 nitrogen and oxygen atoms in total. The van der Waals surface area contributed by atoms with Crippen LogP contribution < -0.4 is 5.32 Å². The third kappa shape index (κ3) is 2.80. The van der Waals surface area contributed by atoms with Gasteiger partial charge in [-0.05, 0) is 37.6 Å². The molecule has 22 heavy (non-hydrogen) atoms. The van der Waals surface area contributed by atoms with E-state index in [0.717, 1.165) is 27.9 Å². The van der Waals surface area contributed by atoms with Crippen LogP contribution in [0.5, 0.6) is 0 Å². The molecule has 0 saturated carbocycles. The summed E-state index contributed by atoms with van der Waals surface area (Å²) < 4.78 is 0. The lowest BCUT2D eigenvalue weighted by Crippen LogP contribution is -2.24. The molecule has 0 unspecified atom stereocenters. The molecule has 2 aromatic heterocycles. The molecular weight excluding hydrogens is 300 g/mol. The number of rotatable bonds is 3. The van der Waals surface area contributed by atoms with Gasteiger partial charge in [0.25, 0.3) is 5.91 Å². The van der Waals surface area contributed by atoms with Crippen molar-refractivity contribution < 1.29 is 4.79 Å². The van der Waals surface area contributed by atoms with Crippen LogP contribution in [-0.2, 0) is 6.54 Å². The van der Waals surface area contributed by atoms with E-state index in [-0.39, 0.29) is 5.91 Å². The molecule has 0 bridgehead atoms. The topological polar surface area (TPSA) is 70.7 Å². The van der Waals surface area contributed by atoms with Gasteiger partial charge in [-0.25, -0.2) is 0 Å². The van der Waals surface area contributed by atoms with Crippen molar-refractivity contribution in [2.45, 2.75) is 20.4 Å². The first-order valence-corrected chi connectivity index (χ1v) is 7.26. The molecule has 112 valence electrons. The lowest BCUT2D eigenvalue weighted by Gasteiger charge is -2.04. The Morgan fingerprint density at radius 2 is 2.09 bits per heavy atom. The van der Waals surface area contributed by atoms with Gasteiger partial charge in [0.15, 0.2) is 0 Å². The van der Waals surface area contributed by atoms with Crippen LogP contribution in [0, 0.1) is 13.8 Å². The number of amides is 1. The van der Waals surface area contributed by atoms with Crippen molar-refractivity contribution in [1.82, 2.24) is 20.3 Å². The van der Waals surface area contributed by atoms with Crippen molar-refractivity contribution in [3.63, 3.8) is 0 Å². The highest BCUT2D eigenvalue weighted by Crippen LogP contribution is 2.24. The number of aromatic nitrogens is 3. The summed E-state index contributed by atoms with van der Waals surface area (Å²) in [5.41, 5.74) is 3.87. The largest absolute Gasteiger partial charge is 0.350 e. The van der Waals surface area contributed by atoms with E-state index in [1.165, 1.54) is 0 Å². The Hall–Kier alpha value is -2.40. The number of hydrogen-bond donors (Lipinski definition) is 2. The summed E-state index contributed by atoms with van der Waals surface area (Å²) in [7, 11) is 0. The number of fused-ring (bicyclic) bond motifs is 1. The molecule has 6 heteroatoms. The summed E-state index contributed by atoms with van der Waals surface area (Å²) in [6, 6.07) is 5.52. The van der Waals surface area contributed by atoms with Gasteiger partial charge in [-0.3, -0.25) is 14.8 Å². The van der Waals surface area contributed by atoms with Crippen LogP contribution in [0.1, 0.15) is 27.4 Å². The van der Waals surface area contributed by atoms with E-state index in [0.29, 0.717) is 17.3 Å². The number of nitrogens with one attached hydrogen (secondary N) is 2. The van der Waals surface area contributed by atoms with Gasteiger partial charge in [0.1, 0.15) is 5.69 Å². The van der Waals surface area contributed by atoms with Gasteiger partial charge < -0.3 is 10.3 Å². The van der Waals surface area contributed by atoms with Gasteiger partial charge in [-0.1, -0.05) is 11.6 Å². The summed E-state index contributed by atoms with van der Waals surface area (Å²) in [5, 5.41) is 4.45. The standard InChI is InChI=1S/C16H15ClN4O/c1-9-6-19-12(7-18-9)8-20-16(22)15-10(2)13-5-11(17)3-4-14(13)21-15/h3-7,21H,8H2,1-2H3,(H,20,22). The quantitative estimate of drug-likeness (QED) is 0.780. The second-order valence-corrected chi connectivity index (χ2v) is 5.58. The molecule has 2 heterocycles. The molecule has 0 aliphatic carbocycles. The van der Waals surface area contributed by atoms with Crippen molar-refractivity contribution in [3.05, 3.63) is 58.3 Å². The Morgan fingerprint density at radius 3 is 2.82 bits per heavy atom. The van der Waals surface area contributed by atoms with Crippen LogP contribution in [0.4, 0.5) is 0 Å². The summed E-state index contributed by atoms with van der Waals surface area (Å²) >= 11 is 6.00. The average molecular weight is 315 g/mol. The zero-order chi connectivity index (χ0) is 15.7. The van der Waals surface area contributed by atoms with Crippen molar-refractivity contribution in [2.75, 3.05) is 0 Å². The van der Waals surface area contributed by atoms with E-state index >= 15 is 0 Å². The lowest BCUT2D eigenvalue weighted by atomic mass is 10.1. The predicted octanol–water partition coefficient (Wildman–Crippen LogP) is 3.16. The number of H-pyrrole nitrogens is 1. The molecule has 0 atom stereocenters. The molecular formula is C16H15ClN4O. The minimum atomic E-state index is -0.174. The maximum Gasteiger partial charge on any atom is 0.268 e. The maximum absolute atomic E-state index is 12.3. The zero-order valence-electron chi connectivity index (χ0n) is 12.3. The average Bonchev–Trinajstić information content (AvgIpc) is 2.83. The SMILES string of the molecule is Cc1cnc(CNC(=O)c2[nH]c3ccc(Cl)cc3c2C)cn1. The minimum Gasteiger partial charge on any atom is -0.350 e. The monoisotopic (exact) mass is 314 g/mol. The molecule has 1 aromatic carbocycles. The molecule has 0 aliphatic rings. The van der Waals surface area contributed by atoms with Crippen molar-refractivity contribution in [1.29, 1.82) is 0 Å². The number of aromatic amines is 1. The van der Waals surface area contributed by atoms with Crippen LogP contribution in [0.15, 0.2) is 30.6 Å². The second kappa shape index (κ2) is 5.77. The Kier molecular flexibility index (Phi) is 3.81. The first-order chi connectivity index (χ1) is 10.5. The van der Waals surface area contributed by atoms with Crippen LogP contribution >= 0.6 is 11.6 Å². The predicted molar refractivity (Wildman–Crippen MR) is 86.0 cm³/mol. The highest BCUT2D eigenvalue weighted by atomic mass is 35.5. The number of benzene rings is 1. The van der Waals surface area contributed by atoms with E-state index in [1.807, 2.05) is 26.0 Å². The van der Waals surface area contributed by atoms with Gasteiger partial charge >= 0.3 is 0 Å². The number of hydrogen-bond acceptors (Lipinski definition) is 3. The molecule has 3 rings (SSSR count). The number of aryl methyl sites for hydroxylation is 2. The third-order valence-corrected chi connectivity index (χ3v) is 3.75. The van der Waals surface area contributed by atoms with E-state index in [1.54, 1.807) is 18.5 Å². The van der Waals surface area contributed by atoms with Gasteiger partial charge in [0.2, 0.25) is 0 Å². The number of halogens is 1. The van der Waals surface area contributed by atoms with Crippen LogP contribution in [0.2, 0.25) is 5.02 Å². The summed E-state index contributed by atoms with van der Waals surface area (Å²) in [5.74, 6) is -0.174. The van der Waals surface area contributed by atoms with Crippen LogP contribution in [0.25, 0.3) is 10.9 Å². The second-order valence-electron chi connectivity index (χ2n) is 5.15. The Bertz CT molecular complexity index is 839. The Balaban J connectivity index is 1.80. The molecule has 1 amide bonds. The third-order valence-electron chi connectivity index (χ3n) is 3.51. The summed E-state index contributed by atoms with van der Waals surface area (Å²) in [4.78, 5) is 23.8. The Morgan fingerprint density at radius 1 is 1.27 bits per heavy atom. The highest BCUT2D eigenvalue weighted by molar-refractivity contribution is 6.31. The van der Waals surface area contributed by atoms with Crippen molar-refractivity contribution in [2.24, 2.45) is 0 Å². The lowest BCUT2D eigenvalue weighted by molar-refractivity contribution is 0.0945. The summed E-state index contributed by atoms with van der Waals surface area (Å²) in [6.45, 7) is 4.10. The molecule has 0 aliphatic heterocycles. The molecule has 0 saturated heterocycles. The fraction of sp³-hybridized carbons (Fsp3) is 0.188.